The summed E-state index contributed by atoms with van der Waals surface area (Å²) in [7, 11) is 0. The summed E-state index contributed by atoms with van der Waals surface area (Å²) in [6.07, 6.45) is 1.41. The molecule has 0 unspecified atom stereocenters. The molecule has 0 aliphatic rings. The first-order chi connectivity index (χ1) is 14.0. The zero-order valence-corrected chi connectivity index (χ0v) is 16.7. The average molecular weight is 429 g/mol. The first-order valence-corrected chi connectivity index (χ1v) is 9.86. The molecule has 0 radical (unpaired) electrons. The zero-order valence-electron chi connectivity index (χ0n) is 15.1. The summed E-state index contributed by atoms with van der Waals surface area (Å²) in [6, 6.07) is 11.4. The van der Waals surface area contributed by atoms with E-state index in [0.29, 0.717) is 26.2 Å². The number of benzene rings is 2. The number of rotatable bonds is 5. The van der Waals surface area contributed by atoms with Crippen LogP contribution in [0.4, 0.5) is 15.3 Å². The topological polar surface area (TPSA) is 77.0 Å². The molecule has 0 fully saturated rings. The molecule has 0 aliphatic carbocycles. The molecule has 4 aromatic rings. The van der Waals surface area contributed by atoms with Crippen molar-refractivity contribution in [3.63, 3.8) is 0 Å². The number of nitrogens with zero attached hydrogens (tertiary/aromatic N) is 3. The van der Waals surface area contributed by atoms with Crippen LogP contribution in [-0.4, -0.2) is 27.5 Å². The number of anilines is 2. The highest BCUT2D eigenvalue weighted by Crippen LogP contribution is 2.30. The number of thiazole rings is 1. The maximum absolute atomic E-state index is 13.5. The number of carbonyl (C=O) groups is 1. The highest BCUT2D eigenvalue weighted by Gasteiger charge is 2.18. The first kappa shape index (κ1) is 19.2. The van der Waals surface area contributed by atoms with Gasteiger partial charge in [-0.25, -0.2) is 24.1 Å². The number of ether oxygens (including phenoxy) is 1. The quantitative estimate of drug-likeness (QED) is 0.425. The molecule has 0 spiro atoms. The first-order valence-electron chi connectivity index (χ1n) is 8.66. The summed E-state index contributed by atoms with van der Waals surface area (Å²) in [5, 5.41) is 4.11. The molecular weight excluding hydrogens is 415 g/mol. The Morgan fingerprint density at radius 3 is 2.76 bits per heavy atom. The summed E-state index contributed by atoms with van der Waals surface area (Å²) in [5.74, 6) is -0.232. The van der Waals surface area contributed by atoms with E-state index in [4.69, 9.17) is 16.3 Å². The van der Waals surface area contributed by atoms with Gasteiger partial charge in [0.05, 0.1) is 16.8 Å². The summed E-state index contributed by atoms with van der Waals surface area (Å²) in [5.41, 5.74) is 1.55. The van der Waals surface area contributed by atoms with Gasteiger partial charge in [-0.05, 0) is 49.4 Å². The lowest BCUT2D eigenvalue weighted by atomic mass is 10.2. The number of nitrogens with one attached hydrogen (secondary N) is 1. The Morgan fingerprint density at radius 1 is 1.21 bits per heavy atom. The van der Waals surface area contributed by atoms with E-state index in [-0.39, 0.29) is 23.8 Å². The lowest BCUT2D eigenvalue weighted by Gasteiger charge is -2.10. The van der Waals surface area contributed by atoms with E-state index in [2.05, 4.69) is 20.3 Å². The molecule has 2 aromatic carbocycles. The van der Waals surface area contributed by atoms with Gasteiger partial charge in [0.1, 0.15) is 11.4 Å². The second-order valence-corrected chi connectivity index (χ2v) is 7.41. The van der Waals surface area contributed by atoms with Gasteiger partial charge in [0.25, 0.3) is 0 Å². The number of aromatic nitrogens is 3. The van der Waals surface area contributed by atoms with Gasteiger partial charge in [-0.3, -0.25) is 0 Å². The maximum Gasteiger partial charge on any atom is 0.343 e. The SMILES string of the molecule is CCOC(=O)c1cnc(-c2ccc(Cl)cc2)nc1Nc1nc2ccc(F)cc2s1. The van der Waals surface area contributed by atoms with Crippen LogP contribution >= 0.6 is 22.9 Å². The second kappa shape index (κ2) is 8.10. The second-order valence-electron chi connectivity index (χ2n) is 5.94. The Bertz CT molecular complexity index is 1200. The molecule has 1 N–H and O–H groups in total. The van der Waals surface area contributed by atoms with Crippen molar-refractivity contribution in [2.45, 2.75) is 6.92 Å². The molecule has 4 rings (SSSR count). The average Bonchev–Trinajstić information content (AvgIpc) is 3.10. The molecule has 0 saturated heterocycles. The van der Waals surface area contributed by atoms with Crippen LogP contribution in [0, 0.1) is 5.82 Å². The van der Waals surface area contributed by atoms with Gasteiger partial charge < -0.3 is 10.1 Å². The minimum Gasteiger partial charge on any atom is -0.462 e. The Morgan fingerprint density at radius 2 is 2.00 bits per heavy atom. The predicted molar refractivity (Wildman–Crippen MR) is 111 cm³/mol. The summed E-state index contributed by atoms with van der Waals surface area (Å²) in [4.78, 5) is 25.5. The van der Waals surface area contributed by atoms with Crippen molar-refractivity contribution < 1.29 is 13.9 Å². The molecule has 2 heterocycles. The molecule has 0 aliphatic heterocycles. The Labute approximate surface area is 174 Å². The van der Waals surface area contributed by atoms with Gasteiger partial charge >= 0.3 is 5.97 Å². The highest BCUT2D eigenvalue weighted by atomic mass is 35.5. The molecule has 146 valence electrons. The van der Waals surface area contributed by atoms with Crippen LogP contribution in [0.2, 0.25) is 5.02 Å². The van der Waals surface area contributed by atoms with Crippen LogP contribution in [0.15, 0.2) is 48.7 Å². The normalized spacial score (nSPS) is 10.9. The van der Waals surface area contributed by atoms with Crippen molar-refractivity contribution in [3.8, 4) is 11.4 Å². The Hall–Kier alpha value is -3.10. The van der Waals surface area contributed by atoms with Gasteiger partial charge in [0.15, 0.2) is 16.8 Å². The molecule has 6 nitrogen and oxygen atoms in total. The molecular formula is C20H14ClFN4O2S. The van der Waals surface area contributed by atoms with E-state index < -0.39 is 5.97 Å². The summed E-state index contributed by atoms with van der Waals surface area (Å²) >= 11 is 7.19. The molecule has 0 atom stereocenters. The van der Waals surface area contributed by atoms with E-state index in [0.717, 1.165) is 5.56 Å². The number of esters is 1. The smallest absolute Gasteiger partial charge is 0.343 e. The van der Waals surface area contributed by atoms with E-state index >= 15 is 0 Å². The largest absolute Gasteiger partial charge is 0.462 e. The van der Waals surface area contributed by atoms with Crippen molar-refractivity contribution >= 4 is 50.1 Å². The highest BCUT2D eigenvalue weighted by molar-refractivity contribution is 7.22. The van der Waals surface area contributed by atoms with Gasteiger partial charge in [0, 0.05) is 16.8 Å². The number of fused-ring (bicyclic) bond motifs is 1. The van der Waals surface area contributed by atoms with Crippen LogP contribution in [0.25, 0.3) is 21.6 Å². The third-order valence-corrected chi connectivity index (χ3v) is 5.15. The lowest BCUT2D eigenvalue weighted by Crippen LogP contribution is -2.11. The van der Waals surface area contributed by atoms with Gasteiger partial charge in [-0.15, -0.1) is 0 Å². The molecule has 9 heteroatoms. The van der Waals surface area contributed by atoms with E-state index in [1.165, 1.54) is 29.7 Å². The van der Waals surface area contributed by atoms with E-state index in [1.54, 1.807) is 37.3 Å². The fourth-order valence-corrected chi connectivity index (χ4v) is 3.64. The van der Waals surface area contributed by atoms with Crippen molar-refractivity contribution in [2.75, 3.05) is 11.9 Å². The zero-order chi connectivity index (χ0) is 20.4. The summed E-state index contributed by atoms with van der Waals surface area (Å²) < 4.78 is 19.2. The molecule has 0 amide bonds. The number of hydrogen-bond donors (Lipinski definition) is 1. The van der Waals surface area contributed by atoms with Crippen LogP contribution in [0.1, 0.15) is 17.3 Å². The molecule has 2 aromatic heterocycles. The monoisotopic (exact) mass is 428 g/mol. The third kappa shape index (κ3) is 4.18. The summed E-state index contributed by atoms with van der Waals surface area (Å²) in [6.45, 7) is 1.94. The minimum absolute atomic E-state index is 0.176. The van der Waals surface area contributed by atoms with E-state index in [1.807, 2.05) is 0 Å². The van der Waals surface area contributed by atoms with Crippen molar-refractivity contribution in [2.24, 2.45) is 0 Å². The van der Waals surface area contributed by atoms with E-state index in [9.17, 15) is 9.18 Å². The van der Waals surface area contributed by atoms with Crippen molar-refractivity contribution in [1.29, 1.82) is 0 Å². The molecule has 29 heavy (non-hydrogen) atoms. The van der Waals surface area contributed by atoms with Crippen molar-refractivity contribution in [1.82, 2.24) is 15.0 Å². The Balaban J connectivity index is 1.75. The number of halogens is 2. The van der Waals surface area contributed by atoms with Crippen molar-refractivity contribution in [3.05, 3.63) is 65.1 Å². The molecule has 0 saturated carbocycles. The van der Waals surface area contributed by atoms with Crippen LogP contribution in [0.3, 0.4) is 0 Å². The predicted octanol–water partition coefficient (Wildman–Crippen LogP) is 5.47. The van der Waals surface area contributed by atoms with Gasteiger partial charge in [0.2, 0.25) is 0 Å². The minimum atomic E-state index is -0.551. The standard InChI is InChI=1S/C20H14ClFN4O2S/c1-2-28-19(27)14-10-23-17(11-3-5-12(21)6-4-11)25-18(14)26-20-24-15-8-7-13(22)9-16(15)29-20/h3-10H,2H2,1H3,(H,23,24,25,26). The van der Waals surface area contributed by atoms with Crippen LogP contribution in [-0.2, 0) is 4.74 Å². The number of carbonyl (C=O) groups excluding carboxylic acids is 1. The fraction of sp³-hybridized carbons (Fsp3) is 0.100. The van der Waals surface area contributed by atoms with Crippen LogP contribution < -0.4 is 5.32 Å². The Kier molecular flexibility index (Phi) is 5.37. The fourth-order valence-electron chi connectivity index (χ4n) is 2.63. The number of hydrogen-bond acceptors (Lipinski definition) is 7. The third-order valence-electron chi connectivity index (χ3n) is 3.96. The lowest BCUT2D eigenvalue weighted by molar-refractivity contribution is 0.0526. The molecule has 0 bridgehead atoms. The maximum atomic E-state index is 13.5. The van der Waals surface area contributed by atoms with Gasteiger partial charge in [-0.2, -0.15) is 0 Å². The van der Waals surface area contributed by atoms with Gasteiger partial charge in [-0.1, -0.05) is 22.9 Å². The van der Waals surface area contributed by atoms with Crippen LogP contribution in [0.5, 0.6) is 0 Å².